The lowest BCUT2D eigenvalue weighted by atomic mass is 10.1. The van der Waals surface area contributed by atoms with Crippen LogP contribution in [0.1, 0.15) is 22.7 Å². The summed E-state index contributed by atoms with van der Waals surface area (Å²) in [5.41, 5.74) is 1.81. The van der Waals surface area contributed by atoms with Crippen LogP contribution in [-0.4, -0.2) is 41.3 Å². The molecule has 0 radical (unpaired) electrons. The highest BCUT2D eigenvalue weighted by Crippen LogP contribution is 2.19. The van der Waals surface area contributed by atoms with E-state index in [4.69, 9.17) is 4.42 Å². The van der Waals surface area contributed by atoms with E-state index in [0.717, 1.165) is 0 Å². The summed E-state index contributed by atoms with van der Waals surface area (Å²) in [6, 6.07) is 4.72. The minimum atomic E-state index is -0.391. The third-order valence-corrected chi connectivity index (χ3v) is 3.55. The normalized spacial score (nSPS) is 18.3. The number of aromatic nitrogens is 1. The topological polar surface area (TPSA) is 75.4 Å². The van der Waals surface area contributed by atoms with Crippen molar-refractivity contribution < 1.29 is 14.0 Å². The Bertz CT molecular complexity index is 692. The van der Waals surface area contributed by atoms with Gasteiger partial charge in [0.15, 0.2) is 11.5 Å². The Hall–Kier alpha value is -2.37. The number of amides is 2. The Balaban J connectivity index is 1.89. The molecule has 0 saturated carbocycles. The van der Waals surface area contributed by atoms with Crippen molar-refractivity contribution in [2.45, 2.75) is 19.4 Å². The van der Waals surface area contributed by atoms with Gasteiger partial charge in [0.2, 0.25) is 5.91 Å². The molecule has 1 aromatic carbocycles. The number of aryl methyl sites for hydroxylation is 1. The van der Waals surface area contributed by atoms with Crippen molar-refractivity contribution in [3.05, 3.63) is 29.7 Å². The lowest BCUT2D eigenvalue weighted by Gasteiger charge is -2.22. The molecule has 0 spiro atoms. The van der Waals surface area contributed by atoms with Gasteiger partial charge in [-0.1, -0.05) is 0 Å². The number of hydrogen-bond donors (Lipinski definition) is 1. The van der Waals surface area contributed by atoms with Gasteiger partial charge in [-0.15, -0.1) is 0 Å². The Morgan fingerprint density at radius 2 is 2.30 bits per heavy atom. The number of rotatable bonds is 2. The van der Waals surface area contributed by atoms with Crippen LogP contribution in [-0.2, 0) is 4.79 Å². The fourth-order valence-corrected chi connectivity index (χ4v) is 2.47. The van der Waals surface area contributed by atoms with Crippen LogP contribution < -0.4 is 5.32 Å². The van der Waals surface area contributed by atoms with Gasteiger partial charge < -0.3 is 14.6 Å². The first-order valence-electron chi connectivity index (χ1n) is 6.48. The average Bonchev–Trinajstić information content (AvgIpc) is 3.00. The van der Waals surface area contributed by atoms with Gasteiger partial charge in [0.05, 0.1) is 0 Å². The van der Waals surface area contributed by atoms with Crippen LogP contribution >= 0.6 is 0 Å². The summed E-state index contributed by atoms with van der Waals surface area (Å²) in [5.74, 6) is 0.280. The molecule has 1 aliphatic heterocycles. The highest BCUT2D eigenvalue weighted by molar-refractivity contribution is 5.99. The van der Waals surface area contributed by atoms with Crippen LogP contribution in [0.15, 0.2) is 22.6 Å². The molecule has 1 fully saturated rings. The third-order valence-electron chi connectivity index (χ3n) is 3.55. The molecular formula is C14H15N3O3. The van der Waals surface area contributed by atoms with Crippen molar-refractivity contribution in [1.29, 1.82) is 0 Å². The molecule has 0 bridgehead atoms. The zero-order chi connectivity index (χ0) is 14.3. The third kappa shape index (κ3) is 2.03. The lowest BCUT2D eigenvalue weighted by molar-refractivity contribution is -0.122. The van der Waals surface area contributed by atoms with Gasteiger partial charge in [-0.25, -0.2) is 4.98 Å². The van der Waals surface area contributed by atoms with Gasteiger partial charge in [0.1, 0.15) is 11.6 Å². The van der Waals surface area contributed by atoms with E-state index in [9.17, 15) is 9.59 Å². The average molecular weight is 273 g/mol. The minimum Gasteiger partial charge on any atom is -0.441 e. The fourth-order valence-electron chi connectivity index (χ4n) is 2.47. The highest BCUT2D eigenvalue weighted by atomic mass is 16.3. The number of oxazole rings is 1. The Kier molecular flexibility index (Phi) is 2.93. The summed E-state index contributed by atoms with van der Waals surface area (Å²) in [5, 5.41) is 2.73. The summed E-state index contributed by atoms with van der Waals surface area (Å²) in [6.07, 6.45) is 0.645. The summed E-state index contributed by atoms with van der Waals surface area (Å²) in [4.78, 5) is 29.7. The van der Waals surface area contributed by atoms with E-state index in [2.05, 4.69) is 10.3 Å². The maximum atomic E-state index is 12.4. The summed E-state index contributed by atoms with van der Waals surface area (Å²) < 4.78 is 5.38. The minimum absolute atomic E-state index is 0.0980. The summed E-state index contributed by atoms with van der Waals surface area (Å²) in [7, 11) is 1.65. The molecule has 20 heavy (non-hydrogen) atoms. The van der Waals surface area contributed by atoms with E-state index in [1.807, 2.05) is 0 Å². The number of likely N-dealkylation sites (N-methyl/N-ethyl adjacent to an activating group) is 1. The van der Waals surface area contributed by atoms with E-state index in [-0.39, 0.29) is 11.8 Å². The Morgan fingerprint density at radius 3 is 3.00 bits per heavy atom. The van der Waals surface area contributed by atoms with E-state index < -0.39 is 6.04 Å². The number of hydrogen-bond acceptors (Lipinski definition) is 4. The number of benzene rings is 1. The molecule has 1 aliphatic rings. The maximum absolute atomic E-state index is 12.4. The number of fused-ring (bicyclic) bond motifs is 1. The number of carbonyl (C=O) groups excluding carboxylic acids is 2. The van der Waals surface area contributed by atoms with Crippen LogP contribution in [0, 0.1) is 6.92 Å². The first-order valence-corrected chi connectivity index (χ1v) is 6.48. The molecule has 1 aromatic heterocycles. The molecule has 6 nitrogen and oxygen atoms in total. The fraction of sp³-hybridized carbons (Fsp3) is 0.357. The second kappa shape index (κ2) is 4.63. The summed E-state index contributed by atoms with van der Waals surface area (Å²) in [6.45, 7) is 2.37. The largest absolute Gasteiger partial charge is 0.441 e. The number of nitrogens with zero attached hydrogens (tertiary/aromatic N) is 2. The SMILES string of the molecule is Cc1nc2cc(C(=O)N(C)[C@H]3CCNC3=O)ccc2o1. The van der Waals surface area contributed by atoms with Crippen molar-refractivity contribution in [2.24, 2.45) is 0 Å². The van der Waals surface area contributed by atoms with Crippen molar-refractivity contribution in [2.75, 3.05) is 13.6 Å². The van der Waals surface area contributed by atoms with Crippen molar-refractivity contribution in [3.8, 4) is 0 Å². The lowest BCUT2D eigenvalue weighted by Crippen LogP contribution is -2.41. The van der Waals surface area contributed by atoms with Crippen LogP contribution in [0.2, 0.25) is 0 Å². The number of carbonyl (C=O) groups is 2. The van der Waals surface area contributed by atoms with Crippen LogP contribution in [0.5, 0.6) is 0 Å². The Labute approximate surface area is 115 Å². The molecule has 1 atom stereocenters. The molecule has 104 valence electrons. The van der Waals surface area contributed by atoms with Gasteiger partial charge in [-0.05, 0) is 24.6 Å². The standard InChI is InChI=1S/C14H15N3O3/c1-8-16-10-7-9(3-4-12(10)20-8)14(19)17(2)11-5-6-15-13(11)18/h3-4,7,11H,5-6H2,1-2H3,(H,15,18)/t11-/m0/s1. The zero-order valence-corrected chi connectivity index (χ0v) is 11.3. The van der Waals surface area contributed by atoms with Gasteiger partial charge in [0, 0.05) is 26.1 Å². The quantitative estimate of drug-likeness (QED) is 0.889. The van der Waals surface area contributed by atoms with Gasteiger partial charge in [-0.2, -0.15) is 0 Å². The van der Waals surface area contributed by atoms with Crippen molar-refractivity contribution in [3.63, 3.8) is 0 Å². The van der Waals surface area contributed by atoms with Crippen LogP contribution in [0.25, 0.3) is 11.1 Å². The molecule has 6 heteroatoms. The molecule has 1 saturated heterocycles. The van der Waals surface area contributed by atoms with Crippen molar-refractivity contribution >= 4 is 22.9 Å². The molecule has 3 rings (SSSR count). The Morgan fingerprint density at radius 1 is 1.50 bits per heavy atom. The van der Waals surface area contributed by atoms with Crippen LogP contribution in [0.3, 0.4) is 0 Å². The zero-order valence-electron chi connectivity index (χ0n) is 11.3. The molecular weight excluding hydrogens is 258 g/mol. The molecule has 0 unspecified atom stereocenters. The van der Waals surface area contributed by atoms with Gasteiger partial charge in [-0.3, -0.25) is 9.59 Å². The predicted octanol–water partition coefficient (Wildman–Crippen LogP) is 1.10. The maximum Gasteiger partial charge on any atom is 0.254 e. The predicted molar refractivity (Wildman–Crippen MR) is 72.3 cm³/mol. The van der Waals surface area contributed by atoms with E-state index >= 15 is 0 Å². The van der Waals surface area contributed by atoms with Gasteiger partial charge >= 0.3 is 0 Å². The second-order valence-electron chi connectivity index (χ2n) is 4.93. The smallest absolute Gasteiger partial charge is 0.254 e. The van der Waals surface area contributed by atoms with E-state index in [1.165, 1.54) is 4.90 Å². The first kappa shape index (κ1) is 12.7. The molecule has 2 amide bonds. The van der Waals surface area contributed by atoms with Crippen molar-refractivity contribution in [1.82, 2.24) is 15.2 Å². The first-order chi connectivity index (χ1) is 9.56. The monoisotopic (exact) mass is 273 g/mol. The molecule has 0 aliphatic carbocycles. The van der Waals surface area contributed by atoms with Gasteiger partial charge in [0.25, 0.3) is 5.91 Å². The number of nitrogens with one attached hydrogen (secondary N) is 1. The second-order valence-corrected chi connectivity index (χ2v) is 4.93. The molecule has 2 heterocycles. The van der Waals surface area contributed by atoms with Crippen LogP contribution in [0.4, 0.5) is 0 Å². The molecule has 2 aromatic rings. The van der Waals surface area contributed by atoms with E-state index in [0.29, 0.717) is 35.5 Å². The summed E-state index contributed by atoms with van der Waals surface area (Å²) >= 11 is 0. The van der Waals surface area contributed by atoms with E-state index in [1.54, 1.807) is 32.2 Å². The highest BCUT2D eigenvalue weighted by Gasteiger charge is 2.31. The molecule has 1 N–H and O–H groups in total.